The number of aliphatic imine (C=N–C) groups is 1. The predicted molar refractivity (Wildman–Crippen MR) is 113 cm³/mol. The van der Waals surface area contributed by atoms with Gasteiger partial charge in [0.25, 0.3) is 5.91 Å². The molecule has 1 N–H and O–H groups in total. The largest absolute Gasteiger partial charge is 0.493 e. The molecule has 1 atom stereocenters. The molecule has 2 aliphatic rings. The Balaban J connectivity index is 1.38. The fourth-order valence-corrected chi connectivity index (χ4v) is 3.70. The van der Waals surface area contributed by atoms with Crippen molar-refractivity contribution in [3.63, 3.8) is 0 Å². The maximum Gasteiger partial charge on any atom is 0.256 e. The van der Waals surface area contributed by atoms with Crippen LogP contribution in [0.5, 0.6) is 11.5 Å². The molecular formula is C22H24N4O4. The van der Waals surface area contributed by atoms with Crippen molar-refractivity contribution in [1.29, 1.82) is 0 Å². The Bertz CT molecular complexity index is 961. The van der Waals surface area contributed by atoms with Gasteiger partial charge in [0.05, 0.1) is 42.9 Å². The summed E-state index contributed by atoms with van der Waals surface area (Å²) in [4.78, 5) is 35.3. The standard InChI is InChI=1S/C22H24N4O4/c1-29-19-11-17-18(24-14-16-6-3-9-26(16)22(17)28)12-20(19)30-10-4-7-21(27)25-15-5-2-8-23-13-15/h2,5,8,11-14,16H,3-4,6-7,9-10H2,1H3,(H,25,27)/t16-/m0/s1. The lowest BCUT2D eigenvalue weighted by molar-refractivity contribution is -0.116. The van der Waals surface area contributed by atoms with Crippen molar-refractivity contribution in [2.75, 3.05) is 25.6 Å². The number of carbonyl (C=O) groups is 2. The van der Waals surface area contributed by atoms with Crippen LogP contribution in [0.2, 0.25) is 0 Å². The summed E-state index contributed by atoms with van der Waals surface area (Å²) in [5.74, 6) is 0.865. The number of pyridine rings is 1. The molecule has 0 radical (unpaired) electrons. The first-order valence-electron chi connectivity index (χ1n) is 10.1. The maximum atomic E-state index is 12.9. The molecule has 2 aromatic rings. The molecule has 4 rings (SSSR count). The summed E-state index contributed by atoms with van der Waals surface area (Å²) >= 11 is 0. The monoisotopic (exact) mass is 408 g/mol. The van der Waals surface area contributed by atoms with Gasteiger partial charge >= 0.3 is 0 Å². The number of fused-ring (bicyclic) bond motifs is 2. The average Bonchev–Trinajstić information content (AvgIpc) is 3.19. The number of hydrogen-bond acceptors (Lipinski definition) is 6. The van der Waals surface area contributed by atoms with E-state index in [1.807, 2.05) is 11.1 Å². The third kappa shape index (κ3) is 4.27. The van der Waals surface area contributed by atoms with E-state index in [1.54, 1.807) is 43.8 Å². The fourth-order valence-electron chi connectivity index (χ4n) is 3.70. The molecule has 0 aliphatic carbocycles. The summed E-state index contributed by atoms with van der Waals surface area (Å²) in [6.45, 7) is 1.08. The van der Waals surface area contributed by atoms with Crippen LogP contribution in [0, 0.1) is 0 Å². The Morgan fingerprint density at radius 1 is 1.33 bits per heavy atom. The van der Waals surface area contributed by atoms with Crippen molar-refractivity contribution in [3.05, 3.63) is 42.2 Å². The van der Waals surface area contributed by atoms with E-state index >= 15 is 0 Å². The van der Waals surface area contributed by atoms with Gasteiger partial charge < -0.3 is 19.7 Å². The number of ether oxygens (including phenoxy) is 2. The third-order valence-electron chi connectivity index (χ3n) is 5.21. The van der Waals surface area contributed by atoms with Gasteiger partial charge in [0, 0.05) is 31.4 Å². The minimum Gasteiger partial charge on any atom is -0.493 e. The second-order valence-electron chi connectivity index (χ2n) is 7.25. The van der Waals surface area contributed by atoms with Gasteiger partial charge in [-0.15, -0.1) is 0 Å². The predicted octanol–water partition coefficient (Wildman–Crippen LogP) is 3.21. The van der Waals surface area contributed by atoms with Crippen molar-refractivity contribution in [1.82, 2.24) is 9.88 Å². The van der Waals surface area contributed by atoms with E-state index in [2.05, 4.69) is 15.3 Å². The lowest BCUT2D eigenvalue weighted by atomic mass is 10.1. The van der Waals surface area contributed by atoms with Crippen LogP contribution in [-0.2, 0) is 4.79 Å². The molecule has 0 saturated carbocycles. The number of amides is 2. The number of methoxy groups -OCH3 is 1. The summed E-state index contributed by atoms with van der Waals surface area (Å²) < 4.78 is 11.3. The minimum absolute atomic E-state index is 0.0260. The Morgan fingerprint density at radius 2 is 2.23 bits per heavy atom. The molecular weight excluding hydrogens is 384 g/mol. The SMILES string of the molecule is COc1cc2c(cc1OCCCC(=O)Nc1cccnc1)N=C[C@@H]1CCCN1C2=O. The highest BCUT2D eigenvalue weighted by atomic mass is 16.5. The molecule has 2 amide bonds. The normalized spacial score (nSPS) is 17.2. The van der Waals surface area contributed by atoms with Crippen LogP contribution in [0.1, 0.15) is 36.0 Å². The van der Waals surface area contributed by atoms with Crippen molar-refractivity contribution in [2.45, 2.75) is 31.7 Å². The zero-order chi connectivity index (χ0) is 20.9. The molecule has 156 valence electrons. The lowest BCUT2D eigenvalue weighted by Gasteiger charge is -2.20. The maximum absolute atomic E-state index is 12.9. The van der Waals surface area contributed by atoms with Gasteiger partial charge in [-0.3, -0.25) is 19.6 Å². The van der Waals surface area contributed by atoms with Crippen LogP contribution in [0.4, 0.5) is 11.4 Å². The van der Waals surface area contributed by atoms with E-state index in [9.17, 15) is 9.59 Å². The topological polar surface area (TPSA) is 93.1 Å². The molecule has 1 aromatic heterocycles. The van der Waals surface area contributed by atoms with Gasteiger partial charge in [-0.2, -0.15) is 0 Å². The lowest BCUT2D eigenvalue weighted by Crippen LogP contribution is -2.35. The molecule has 1 aromatic carbocycles. The van der Waals surface area contributed by atoms with Crippen LogP contribution in [0.15, 0.2) is 41.7 Å². The van der Waals surface area contributed by atoms with E-state index in [0.29, 0.717) is 47.9 Å². The summed E-state index contributed by atoms with van der Waals surface area (Å²) in [7, 11) is 1.54. The molecule has 1 saturated heterocycles. The number of nitrogens with zero attached hydrogens (tertiary/aromatic N) is 3. The van der Waals surface area contributed by atoms with Gasteiger partial charge in [-0.25, -0.2) is 0 Å². The first-order chi connectivity index (χ1) is 14.7. The Morgan fingerprint density at radius 3 is 3.03 bits per heavy atom. The number of benzene rings is 1. The van der Waals surface area contributed by atoms with Gasteiger partial charge in [-0.1, -0.05) is 0 Å². The van der Waals surface area contributed by atoms with Crippen molar-refractivity contribution < 1.29 is 19.1 Å². The quantitative estimate of drug-likeness (QED) is 0.710. The van der Waals surface area contributed by atoms with E-state index in [1.165, 1.54) is 0 Å². The van der Waals surface area contributed by atoms with E-state index in [4.69, 9.17) is 9.47 Å². The Hall–Kier alpha value is -3.42. The van der Waals surface area contributed by atoms with Crippen molar-refractivity contribution >= 4 is 29.4 Å². The molecule has 30 heavy (non-hydrogen) atoms. The minimum atomic E-state index is -0.101. The van der Waals surface area contributed by atoms with Crippen LogP contribution in [0.25, 0.3) is 0 Å². The summed E-state index contributed by atoms with van der Waals surface area (Å²) in [5, 5.41) is 2.79. The molecule has 8 nitrogen and oxygen atoms in total. The Kier molecular flexibility index (Phi) is 5.92. The highest BCUT2D eigenvalue weighted by Crippen LogP contribution is 2.38. The Labute approximate surface area is 174 Å². The highest BCUT2D eigenvalue weighted by molar-refractivity contribution is 6.03. The summed E-state index contributed by atoms with van der Waals surface area (Å²) in [6, 6.07) is 7.04. The number of rotatable bonds is 7. The summed E-state index contributed by atoms with van der Waals surface area (Å²) in [6.07, 6.45) is 7.87. The van der Waals surface area contributed by atoms with Crippen LogP contribution < -0.4 is 14.8 Å². The van der Waals surface area contributed by atoms with Crippen molar-refractivity contribution in [2.24, 2.45) is 4.99 Å². The first kappa shape index (κ1) is 19.9. The molecule has 8 heteroatoms. The second kappa shape index (κ2) is 8.94. The third-order valence-corrected chi connectivity index (χ3v) is 5.21. The van der Waals surface area contributed by atoms with Crippen molar-refractivity contribution in [3.8, 4) is 11.5 Å². The van der Waals surface area contributed by atoms with Gasteiger partial charge in [0.15, 0.2) is 11.5 Å². The summed E-state index contributed by atoms with van der Waals surface area (Å²) in [5.41, 5.74) is 1.77. The number of hydrogen-bond donors (Lipinski definition) is 1. The van der Waals surface area contributed by atoms with E-state index in [-0.39, 0.29) is 17.9 Å². The molecule has 0 spiro atoms. The van der Waals surface area contributed by atoms with E-state index < -0.39 is 0 Å². The van der Waals surface area contributed by atoms with E-state index in [0.717, 1.165) is 19.4 Å². The molecule has 2 aliphatic heterocycles. The zero-order valence-electron chi connectivity index (χ0n) is 16.8. The smallest absolute Gasteiger partial charge is 0.256 e. The van der Waals surface area contributed by atoms with Gasteiger partial charge in [-0.05, 0) is 37.5 Å². The highest BCUT2D eigenvalue weighted by Gasteiger charge is 2.32. The van der Waals surface area contributed by atoms with Crippen LogP contribution in [0.3, 0.4) is 0 Å². The molecule has 0 bridgehead atoms. The average molecular weight is 408 g/mol. The van der Waals surface area contributed by atoms with Gasteiger partial charge in [0.1, 0.15) is 0 Å². The number of anilines is 1. The fraction of sp³-hybridized carbons (Fsp3) is 0.364. The number of nitrogens with one attached hydrogen (secondary N) is 1. The molecule has 1 fully saturated rings. The number of carbonyl (C=O) groups excluding carboxylic acids is 2. The van der Waals surface area contributed by atoms with Crippen LogP contribution in [-0.4, -0.2) is 54.2 Å². The second-order valence-corrected chi connectivity index (χ2v) is 7.25. The first-order valence-corrected chi connectivity index (χ1v) is 10.1. The van der Waals surface area contributed by atoms with Crippen LogP contribution >= 0.6 is 0 Å². The van der Waals surface area contributed by atoms with Gasteiger partial charge in [0.2, 0.25) is 5.91 Å². The molecule has 3 heterocycles. The molecule has 0 unspecified atom stereocenters. The zero-order valence-corrected chi connectivity index (χ0v) is 16.8. The number of aromatic nitrogens is 1.